The van der Waals surface area contributed by atoms with Gasteiger partial charge in [0.2, 0.25) is 0 Å². The third-order valence-corrected chi connectivity index (χ3v) is 2.73. The van der Waals surface area contributed by atoms with Gasteiger partial charge >= 0.3 is 0 Å². The molecule has 2 nitrogen and oxygen atoms in total. The Bertz CT molecular complexity index is 230. The normalized spacial score (nSPS) is 32.9. The van der Waals surface area contributed by atoms with Crippen LogP contribution in [0.4, 0.5) is 8.78 Å². The minimum atomic E-state index is -2.75. The summed E-state index contributed by atoms with van der Waals surface area (Å²) in [6.45, 7) is 4.44. The fraction of sp³-hybridized carbons (Fsp3) is 0.800. The molecule has 0 spiro atoms. The van der Waals surface area contributed by atoms with Crippen LogP contribution in [-0.4, -0.2) is 29.2 Å². The molecule has 0 saturated heterocycles. The molecular formula is C10H17F2NO. The topological polar surface area (TPSA) is 32.3 Å². The van der Waals surface area contributed by atoms with Gasteiger partial charge in [-0.3, -0.25) is 0 Å². The summed E-state index contributed by atoms with van der Waals surface area (Å²) < 4.78 is 25.6. The van der Waals surface area contributed by atoms with Crippen LogP contribution in [0.5, 0.6) is 0 Å². The predicted molar refractivity (Wildman–Crippen MR) is 51.4 cm³/mol. The molecule has 0 aromatic rings. The number of likely N-dealkylation sites (N-methyl/N-ethyl adjacent to an activating group) is 1. The maximum atomic E-state index is 12.8. The first-order valence-electron chi connectivity index (χ1n) is 4.93. The van der Waals surface area contributed by atoms with Gasteiger partial charge < -0.3 is 10.4 Å². The molecule has 1 rings (SSSR count). The van der Waals surface area contributed by atoms with E-state index in [2.05, 4.69) is 5.32 Å². The van der Waals surface area contributed by atoms with E-state index in [0.29, 0.717) is 6.54 Å². The summed E-state index contributed by atoms with van der Waals surface area (Å²) in [5, 5.41) is 13.1. The van der Waals surface area contributed by atoms with Crippen molar-refractivity contribution in [3.05, 3.63) is 12.2 Å². The van der Waals surface area contributed by atoms with Crippen LogP contribution < -0.4 is 5.32 Å². The summed E-state index contributed by atoms with van der Waals surface area (Å²) in [4.78, 5) is 0. The van der Waals surface area contributed by atoms with Gasteiger partial charge in [-0.25, -0.2) is 8.78 Å². The van der Waals surface area contributed by atoms with E-state index in [1.54, 1.807) is 6.92 Å². The maximum Gasteiger partial charge on any atom is 0.266 e. The number of hydrogen-bond donors (Lipinski definition) is 2. The highest BCUT2D eigenvalue weighted by Gasteiger charge is 2.40. The average molecular weight is 205 g/mol. The standard InChI is InChI=1S/C10H17F2NO/c1-3-13-8(2)9(14)4-6-10(11,12)7-5-9/h4,6,8,13-14H,3,5,7H2,1-2H3. The Morgan fingerprint density at radius 2 is 2.07 bits per heavy atom. The van der Waals surface area contributed by atoms with E-state index in [4.69, 9.17) is 0 Å². The molecule has 0 radical (unpaired) electrons. The Morgan fingerprint density at radius 1 is 1.43 bits per heavy atom. The maximum absolute atomic E-state index is 12.8. The monoisotopic (exact) mass is 205 g/mol. The lowest BCUT2D eigenvalue weighted by Crippen LogP contribution is -2.50. The zero-order valence-corrected chi connectivity index (χ0v) is 8.56. The lowest BCUT2D eigenvalue weighted by molar-refractivity contribution is -0.0246. The SMILES string of the molecule is CCNC(C)C1(O)C=CC(F)(F)CC1. The minimum Gasteiger partial charge on any atom is -0.384 e. The average Bonchev–Trinajstić information content (AvgIpc) is 2.11. The molecule has 82 valence electrons. The van der Waals surface area contributed by atoms with Crippen molar-refractivity contribution in [2.24, 2.45) is 0 Å². The van der Waals surface area contributed by atoms with E-state index in [9.17, 15) is 13.9 Å². The quantitative estimate of drug-likeness (QED) is 0.687. The van der Waals surface area contributed by atoms with Gasteiger partial charge in [0.1, 0.15) is 0 Å². The van der Waals surface area contributed by atoms with Gasteiger partial charge in [-0.2, -0.15) is 0 Å². The molecule has 0 fully saturated rings. The van der Waals surface area contributed by atoms with Crippen molar-refractivity contribution >= 4 is 0 Å². The van der Waals surface area contributed by atoms with E-state index in [1.807, 2.05) is 6.92 Å². The fourth-order valence-corrected chi connectivity index (χ4v) is 1.64. The number of rotatable bonds is 3. The number of allylic oxidation sites excluding steroid dienone is 1. The zero-order valence-electron chi connectivity index (χ0n) is 8.56. The molecule has 0 saturated carbocycles. The van der Waals surface area contributed by atoms with Crippen LogP contribution in [0.3, 0.4) is 0 Å². The van der Waals surface area contributed by atoms with Crippen molar-refractivity contribution < 1.29 is 13.9 Å². The van der Waals surface area contributed by atoms with Gasteiger partial charge in [-0.15, -0.1) is 0 Å². The van der Waals surface area contributed by atoms with E-state index in [0.717, 1.165) is 6.08 Å². The van der Waals surface area contributed by atoms with E-state index < -0.39 is 11.5 Å². The van der Waals surface area contributed by atoms with Gasteiger partial charge in [0.15, 0.2) is 0 Å². The fourth-order valence-electron chi connectivity index (χ4n) is 1.64. The molecule has 1 aliphatic rings. The second-order valence-electron chi connectivity index (χ2n) is 3.86. The molecule has 1 aliphatic carbocycles. The smallest absolute Gasteiger partial charge is 0.266 e. The van der Waals surface area contributed by atoms with E-state index in [1.165, 1.54) is 6.08 Å². The summed E-state index contributed by atoms with van der Waals surface area (Å²) in [6, 6.07) is -0.195. The Morgan fingerprint density at radius 3 is 2.50 bits per heavy atom. The van der Waals surface area contributed by atoms with Crippen LogP contribution in [0.15, 0.2) is 12.2 Å². The van der Waals surface area contributed by atoms with Crippen molar-refractivity contribution in [3.63, 3.8) is 0 Å². The largest absolute Gasteiger partial charge is 0.384 e. The van der Waals surface area contributed by atoms with Crippen LogP contribution in [0.25, 0.3) is 0 Å². The Hall–Kier alpha value is -0.480. The molecule has 0 aromatic carbocycles. The van der Waals surface area contributed by atoms with Crippen molar-refractivity contribution in [1.82, 2.24) is 5.32 Å². The Kier molecular flexibility index (Phi) is 3.27. The first-order chi connectivity index (χ1) is 6.40. The summed E-state index contributed by atoms with van der Waals surface area (Å²) in [6.07, 6.45) is 1.86. The van der Waals surface area contributed by atoms with Crippen LogP contribution in [0, 0.1) is 0 Å². The van der Waals surface area contributed by atoms with Crippen LogP contribution in [0.1, 0.15) is 26.7 Å². The first-order valence-corrected chi connectivity index (χ1v) is 4.93. The molecule has 2 unspecified atom stereocenters. The molecule has 0 aliphatic heterocycles. The molecule has 0 bridgehead atoms. The van der Waals surface area contributed by atoms with Gasteiger partial charge in [-0.05, 0) is 32.0 Å². The Balaban J connectivity index is 2.69. The Labute approximate surface area is 83.0 Å². The second-order valence-corrected chi connectivity index (χ2v) is 3.86. The van der Waals surface area contributed by atoms with Gasteiger partial charge in [0.05, 0.1) is 5.60 Å². The van der Waals surface area contributed by atoms with E-state index in [-0.39, 0.29) is 18.9 Å². The summed E-state index contributed by atoms with van der Waals surface area (Å²) in [7, 11) is 0. The number of nitrogens with one attached hydrogen (secondary N) is 1. The summed E-state index contributed by atoms with van der Waals surface area (Å²) >= 11 is 0. The van der Waals surface area contributed by atoms with E-state index >= 15 is 0 Å². The lowest BCUT2D eigenvalue weighted by Gasteiger charge is -2.36. The summed E-state index contributed by atoms with van der Waals surface area (Å²) in [5.74, 6) is -2.75. The van der Waals surface area contributed by atoms with Crippen molar-refractivity contribution in [1.29, 1.82) is 0 Å². The highest BCUT2D eigenvalue weighted by molar-refractivity contribution is 5.14. The van der Waals surface area contributed by atoms with Gasteiger partial charge in [0, 0.05) is 12.5 Å². The third kappa shape index (κ3) is 2.51. The van der Waals surface area contributed by atoms with Crippen molar-refractivity contribution in [2.75, 3.05) is 6.54 Å². The summed E-state index contributed by atoms with van der Waals surface area (Å²) in [5.41, 5.74) is -1.13. The number of hydrogen-bond acceptors (Lipinski definition) is 2. The van der Waals surface area contributed by atoms with Crippen molar-refractivity contribution in [3.8, 4) is 0 Å². The lowest BCUT2D eigenvalue weighted by atomic mass is 9.84. The third-order valence-electron chi connectivity index (χ3n) is 2.73. The second kappa shape index (κ2) is 3.95. The number of alkyl halides is 2. The van der Waals surface area contributed by atoms with Crippen LogP contribution in [-0.2, 0) is 0 Å². The first kappa shape index (κ1) is 11.6. The van der Waals surface area contributed by atoms with Crippen molar-refractivity contribution in [2.45, 2.75) is 44.3 Å². The molecule has 0 amide bonds. The highest BCUT2D eigenvalue weighted by atomic mass is 19.3. The number of aliphatic hydroxyl groups is 1. The molecule has 2 N–H and O–H groups in total. The molecular weight excluding hydrogens is 188 g/mol. The molecule has 14 heavy (non-hydrogen) atoms. The van der Waals surface area contributed by atoms with Gasteiger partial charge in [0.25, 0.3) is 5.92 Å². The van der Waals surface area contributed by atoms with Gasteiger partial charge in [-0.1, -0.05) is 6.92 Å². The van der Waals surface area contributed by atoms with Crippen LogP contribution >= 0.6 is 0 Å². The molecule has 0 aromatic heterocycles. The molecule has 0 heterocycles. The van der Waals surface area contributed by atoms with Crippen LogP contribution in [0.2, 0.25) is 0 Å². The molecule has 4 heteroatoms. The molecule has 2 atom stereocenters. The number of halogens is 2. The highest BCUT2D eigenvalue weighted by Crippen LogP contribution is 2.34. The zero-order chi connectivity index (χ0) is 10.8. The minimum absolute atomic E-state index is 0.102. The predicted octanol–water partition coefficient (Wildman–Crippen LogP) is 1.70.